The lowest BCUT2D eigenvalue weighted by Crippen LogP contribution is -2.19. The van der Waals surface area contributed by atoms with E-state index in [-0.39, 0.29) is 4.90 Å². The third-order valence-corrected chi connectivity index (χ3v) is 9.32. The van der Waals surface area contributed by atoms with E-state index in [4.69, 9.17) is 0 Å². The van der Waals surface area contributed by atoms with Gasteiger partial charge in [-0.1, -0.05) is 84.9 Å². The molecule has 162 valence electrons. The van der Waals surface area contributed by atoms with Gasteiger partial charge in [0.05, 0.1) is 17.4 Å². The summed E-state index contributed by atoms with van der Waals surface area (Å²) in [5.41, 5.74) is 1.25. The molecule has 0 heterocycles. The normalized spacial score (nSPS) is 11.6. The van der Waals surface area contributed by atoms with Crippen LogP contribution < -0.4 is 10.6 Å². The Balaban J connectivity index is 0.000000243. The van der Waals surface area contributed by atoms with Gasteiger partial charge in [0, 0.05) is 0 Å². The molecule has 0 aliphatic rings. The Morgan fingerprint density at radius 2 is 1.00 bits per heavy atom. The van der Waals surface area contributed by atoms with Crippen LogP contribution in [-0.2, 0) is 10.1 Å². The molecule has 0 unspecified atom stereocenters. The van der Waals surface area contributed by atoms with Crippen LogP contribution in [-0.4, -0.2) is 19.6 Å². The van der Waals surface area contributed by atoms with Crippen LogP contribution in [0.2, 0.25) is 0 Å². The van der Waals surface area contributed by atoms with Crippen molar-refractivity contribution in [3.8, 4) is 0 Å². The molecular weight excluding hydrogens is 435 g/mol. The molecule has 4 rings (SSSR count). The van der Waals surface area contributed by atoms with Crippen LogP contribution in [0.15, 0.2) is 132 Å². The fraction of sp³-hybridized carbons (Fsp3) is 0.0370. The minimum Gasteiger partial charge on any atom is -0.744 e. The molecule has 0 aliphatic carbocycles. The van der Waals surface area contributed by atoms with Crippen molar-refractivity contribution in [3.05, 3.63) is 133 Å². The summed E-state index contributed by atoms with van der Waals surface area (Å²) in [5.74, 6) is 2.41. The molecular formula is C27H25O3PS. The average Bonchev–Trinajstić information content (AvgIpc) is 2.85. The van der Waals surface area contributed by atoms with Crippen LogP contribution in [0, 0.1) is 0 Å². The zero-order valence-electron chi connectivity index (χ0n) is 17.8. The summed E-state index contributed by atoms with van der Waals surface area (Å²) in [6.07, 6.45) is 2.26. The Bertz CT molecular complexity index is 1190. The monoisotopic (exact) mass is 460 g/mol. The van der Waals surface area contributed by atoms with Crippen molar-refractivity contribution in [1.82, 2.24) is 0 Å². The van der Waals surface area contributed by atoms with E-state index in [1.165, 1.54) is 40.4 Å². The Morgan fingerprint density at radius 3 is 1.38 bits per heavy atom. The van der Waals surface area contributed by atoms with E-state index in [9.17, 15) is 13.0 Å². The Kier molecular flexibility index (Phi) is 8.13. The number of hydrogen-bond acceptors (Lipinski definition) is 3. The zero-order chi connectivity index (χ0) is 22.9. The number of hydrogen-bond donors (Lipinski definition) is 0. The highest BCUT2D eigenvalue weighted by molar-refractivity contribution is 7.91. The largest absolute Gasteiger partial charge is 0.744 e. The van der Waals surface area contributed by atoms with Gasteiger partial charge in [0.25, 0.3) is 0 Å². The second-order valence-corrected chi connectivity index (χ2v) is 12.1. The lowest BCUT2D eigenvalue weighted by Gasteiger charge is -2.19. The van der Waals surface area contributed by atoms with E-state index >= 15 is 0 Å². The van der Waals surface area contributed by atoms with Crippen LogP contribution >= 0.6 is 7.26 Å². The second-order valence-electron chi connectivity index (χ2n) is 7.24. The van der Waals surface area contributed by atoms with Crippen molar-refractivity contribution in [3.63, 3.8) is 0 Å². The summed E-state index contributed by atoms with van der Waals surface area (Å²) < 4.78 is 30.8. The summed E-state index contributed by atoms with van der Waals surface area (Å²) in [6, 6.07) is 39.4. The van der Waals surface area contributed by atoms with Crippen LogP contribution in [0.25, 0.3) is 6.08 Å². The molecule has 4 aromatic rings. The Labute approximate surface area is 191 Å². The van der Waals surface area contributed by atoms with Gasteiger partial charge in [-0.15, -0.1) is 0 Å². The van der Waals surface area contributed by atoms with E-state index < -0.39 is 17.4 Å². The quantitative estimate of drug-likeness (QED) is 0.290. The zero-order valence-corrected chi connectivity index (χ0v) is 19.5. The molecule has 32 heavy (non-hydrogen) atoms. The predicted molar refractivity (Wildman–Crippen MR) is 135 cm³/mol. The first-order valence-corrected chi connectivity index (χ1v) is 13.8. The van der Waals surface area contributed by atoms with Gasteiger partial charge >= 0.3 is 0 Å². The molecule has 0 radical (unpaired) electrons. The van der Waals surface area contributed by atoms with Crippen molar-refractivity contribution >= 4 is 34.1 Å². The SMILES string of the molecule is C[P+](C=Cc1ccccc1)(c1ccccc1)c1ccccc1.O=S(=O)([O-])c1ccccc1. The van der Waals surface area contributed by atoms with E-state index in [0.29, 0.717) is 0 Å². The van der Waals surface area contributed by atoms with Crippen molar-refractivity contribution in [2.24, 2.45) is 0 Å². The first-order valence-electron chi connectivity index (χ1n) is 10.1. The maximum absolute atomic E-state index is 10.3. The number of rotatable bonds is 5. The molecule has 0 spiro atoms. The molecule has 0 amide bonds. The van der Waals surface area contributed by atoms with E-state index in [0.717, 1.165) is 0 Å². The standard InChI is InChI=1S/C21H20P.C6H6O3S/c1-22(20-13-7-3-8-14-20,21-15-9-4-10-16-21)18-17-19-11-5-2-6-12-19;7-10(8,9)6-4-2-1-3-5-6/h2-18H,1H3;1-5H,(H,7,8,9)/q+1;/p-1. The highest BCUT2D eigenvalue weighted by Crippen LogP contribution is 2.54. The lowest BCUT2D eigenvalue weighted by atomic mass is 10.2. The van der Waals surface area contributed by atoms with Crippen molar-refractivity contribution in [1.29, 1.82) is 0 Å². The summed E-state index contributed by atoms with van der Waals surface area (Å²) in [5, 5.41) is 2.82. The fourth-order valence-electron chi connectivity index (χ4n) is 3.18. The summed E-state index contributed by atoms with van der Waals surface area (Å²) >= 11 is 0. The van der Waals surface area contributed by atoms with Crippen molar-refractivity contribution in [2.45, 2.75) is 4.90 Å². The van der Waals surface area contributed by atoms with E-state index in [1.807, 2.05) is 0 Å². The first-order chi connectivity index (χ1) is 15.4. The second kappa shape index (κ2) is 11.0. The van der Waals surface area contributed by atoms with Gasteiger partial charge in [0.1, 0.15) is 28.0 Å². The van der Waals surface area contributed by atoms with Crippen LogP contribution in [0.5, 0.6) is 0 Å². The maximum Gasteiger partial charge on any atom is 0.124 e. The summed E-state index contributed by atoms with van der Waals surface area (Å²) in [6.45, 7) is 2.39. The minimum atomic E-state index is -4.25. The molecule has 0 N–H and O–H groups in total. The molecule has 0 saturated heterocycles. The van der Waals surface area contributed by atoms with E-state index in [2.05, 4.69) is 110 Å². The molecule has 5 heteroatoms. The van der Waals surface area contributed by atoms with Crippen LogP contribution in [0.1, 0.15) is 5.56 Å². The average molecular weight is 461 g/mol. The van der Waals surface area contributed by atoms with Crippen LogP contribution in [0.3, 0.4) is 0 Å². The molecule has 0 aliphatic heterocycles. The third kappa shape index (κ3) is 6.48. The van der Waals surface area contributed by atoms with Gasteiger partial charge in [0.2, 0.25) is 0 Å². The lowest BCUT2D eigenvalue weighted by molar-refractivity contribution is 0.463. The molecule has 0 fully saturated rings. The van der Waals surface area contributed by atoms with Crippen molar-refractivity contribution < 1.29 is 13.0 Å². The van der Waals surface area contributed by atoms with Crippen molar-refractivity contribution in [2.75, 3.05) is 6.66 Å². The Morgan fingerprint density at radius 1 is 0.625 bits per heavy atom. The predicted octanol–water partition coefficient (Wildman–Crippen LogP) is 5.55. The van der Waals surface area contributed by atoms with Crippen LogP contribution in [0.4, 0.5) is 0 Å². The van der Waals surface area contributed by atoms with Gasteiger partial charge in [-0.05, 0) is 48.0 Å². The molecule has 0 atom stereocenters. The molecule has 0 bridgehead atoms. The molecule has 3 nitrogen and oxygen atoms in total. The van der Waals surface area contributed by atoms with Gasteiger partial charge < -0.3 is 4.55 Å². The minimum absolute atomic E-state index is 0.185. The first kappa shape index (κ1) is 23.6. The smallest absolute Gasteiger partial charge is 0.124 e. The highest BCUT2D eigenvalue weighted by atomic mass is 32.2. The number of benzene rings is 4. The van der Waals surface area contributed by atoms with Gasteiger partial charge in [-0.2, -0.15) is 0 Å². The highest BCUT2D eigenvalue weighted by Gasteiger charge is 2.34. The van der Waals surface area contributed by atoms with Gasteiger partial charge in [-0.3, -0.25) is 0 Å². The van der Waals surface area contributed by atoms with Gasteiger partial charge in [-0.25, -0.2) is 8.42 Å². The molecule has 0 saturated carbocycles. The molecule has 0 aromatic heterocycles. The summed E-state index contributed by atoms with van der Waals surface area (Å²) in [7, 11) is -5.77. The molecule has 4 aromatic carbocycles. The topological polar surface area (TPSA) is 57.2 Å². The fourth-order valence-corrected chi connectivity index (χ4v) is 6.37. The Hall–Kier alpha value is -3.04. The maximum atomic E-state index is 10.3. The van der Waals surface area contributed by atoms with E-state index in [1.54, 1.807) is 6.07 Å². The summed E-state index contributed by atoms with van der Waals surface area (Å²) in [4.78, 5) is -0.185. The van der Waals surface area contributed by atoms with Gasteiger partial charge in [0.15, 0.2) is 0 Å². The third-order valence-electron chi connectivity index (χ3n) is 4.98.